The topological polar surface area (TPSA) is 18.5 Å². The van der Waals surface area contributed by atoms with Crippen LogP contribution in [0.3, 0.4) is 0 Å². The van der Waals surface area contributed by atoms with Crippen molar-refractivity contribution >= 4 is 25.6 Å². The summed E-state index contributed by atoms with van der Waals surface area (Å²) < 4.78 is 13.0. The monoisotopic (exact) mass is 482 g/mol. The Morgan fingerprint density at radius 1 is 0.771 bits per heavy atom. The summed E-state index contributed by atoms with van der Waals surface area (Å²) in [7, 11) is -2.44. The van der Waals surface area contributed by atoms with E-state index in [0.29, 0.717) is 0 Å². The Bertz CT molecular complexity index is 1060. The highest BCUT2D eigenvalue weighted by Gasteiger charge is 2.53. The maximum atomic E-state index is 6.48. The molecule has 182 valence electrons. The molecule has 3 aromatic rings. The van der Waals surface area contributed by atoms with E-state index in [1.165, 1.54) is 15.9 Å². The van der Waals surface area contributed by atoms with Crippen LogP contribution in [0, 0.1) is 5.92 Å². The van der Waals surface area contributed by atoms with Crippen LogP contribution < -0.4 is 10.4 Å². The van der Waals surface area contributed by atoms with E-state index in [1.54, 1.807) is 0 Å². The van der Waals surface area contributed by atoms with Crippen molar-refractivity contribution in [2.45, 2.75) is 64.3 Å². The summed E-state index contributed by atoms with van der Waals surface area (Å²) in [6.45, 7) is 15.6. The van der Waals surface area contributed by atoms with Crippen LogP contribution in [0.15, 0.2) is 103 Å². The summed E-state index contributed by atoms with van der Waals surface area (Å²) in [6.07, 6.45) is 2.03. The zero-order valence-corrected chi connectivity index (χ0v) is 23.0. The first kappa shape index (κ1) is 25.7. The molecule has 0 unspecified atom stereocenters. The van der Waals surface area contributed by atoms with E-state index in [2.05, 4.69) is 132 Å². The Hall–Kier alpha value is -2.40. The van der Waals surface area contributed by atoms with Crippen LogP contribution in [-0.4, -0.2) is 26.4 Å². The predicted octanol–water partition coefficient (Wildman–Crippen LogP) is 6.32. The molecule has 1 fully saturated rings. The van der Waals surface area contributed by atoms with Crippen LogP contribution in [0.1, 0.15) is 39.7 Å². The Kier molecular flexibility index (Phi) is 7.56. The average Bonchev–Trinajstić information content (AvgIpc) is 3.09. The fraction of sp³-hybridized carbons (Fsp3) is 0.355. The van der Waals surface area contributed by atoms with Gasteiger partial charge in [-0.2, -0.15) is 0 Å². The van der Waals surface area contributed by atoms with E-state index >= 15 is 0 Å². The van der Waals surface area contributed by atoms with Gasteiger partial charge in [-0.3, -0.25) is 0 Å². The maximum absolute atomic E-state index is 6.48. The Morgan fingerprint density at radius 2 is 1.20 bits per heavy atom. The molecular weight excluding hydrogens is 443 g/mol. The fourth-order valence-corrected chi connectivity index (χ4v) is 9.21. The van der Waals surface area contributed by atoms with Gasteiger partial charge in [-0.1, -0.05) is 108 Å². The van der Waals surface area contributed by atoms with Gasteiger partial charge in [0.25, 0.3) is 0 Å². The molecule has 3 aromatic carbocycles. The number of hydrogen-bond donors (Lipinski definition) is 0. The molecule has 1 saturated heterocycles. The minimum absolute atomic E-state index is 0.280. The van der Waals surface area contributed by atoms with Gasteiger partial charge < -0.3 is 9.31 Å². The third kappa shape index (κ3) is 5.56. The highest BCUT2D eigenvalue weighted by atomic mass is 28.3. The van der Waals surface area contributed by atoms with Crippen molar-refractivity contribution in [3.63, 3.8) is 0 Å². The molecule has 35 heavy (non-hydrogen) atoms. The second-order valence-electron chi connectivity index (χ2n) is 11.2. The SMILES string of the molecule is C=C(B1OC(C)(C)C(C)(C)O1)[C@H](CCc1ccccc1)C[Si](C)(c1ccccc1)c1ccccc1. The molecule has 0 bridgehead atoms. The number of benzene rings is 3. The Labute approximate surface area is 213 Å². The molecule has 1 atom stereocenters. The smallest absolute Gasteiger partial charge is 0.400 e. The van der Waals surface area contributed by atoms with E-state index in [4.69, 9.17) is 9.31 Å². The van der Waals surface area contributed by atoms with E-state index in [-0.39, 0.29) is 24.2 Å². The van der Waals surface area contributed by atoms with Gasteiger partial charge in [0, 0.05) is 0 Å². The van der Waals surface area contributed by atoms with Crippen LogP contribution in [-0.2, 0) is 15.7 Å². The van der Waals surface area contributed by atoms with Crippen molar-refractivity contribution in [3.8, 4) is 0 Å². The summed E-state index contributed by atoms with van der Waals surface area (Å²) in [5.74, 6) is 0.280. The van der Waals surface area contributed by atoms with Gasteiger partial charge >= 0.3 is 7.12 Å². The number of allylic oxidation sites excluding steroid dienone is 1. The maximum Gasteiger partial charge on any atom is 0.490 e. The first-order valence-electron chi connectivity index (χ1n) is 12.8. The van der Waals surface area contributed by atoms with Crippen molar-refractivity contribution in [3.05, 3.63) is 109 Å². The molecule has 0 aliphatic carbocycles. The minimum Gasteiger partial charge on any atom is -0.400 e. The molecule has 1 heterocycles. The molecule has 2 nitrogen and oxygen atoms in total. The first-order valence-corrected chi connectivity index (χ1v) is 15.5. The predicted molar refractivity (Wildman–Crippen MR) is 152 cm³/mol. The summed E-state index contributed by atoms with van der Waals surface area (Å²) in [5.41, 5.74) is 1.70. The summed E-state index contributed by atoms with van der Waals surface area (Å²) in [6, 6.07) is 34.0. The molecule has 4 heteroatoms. The van der Waals surface area contributed by atoms with Crippen LogP contribution in [0.25, 0.3) is 0 Å². The molecule has 0 saturated carbocycles. The lowest BCUT2D eigenvalue weighted by molar-refractivity contribution is 0.00578. The molecule has 0 N–H and O–H groups in total. The molecular formula is C31H39BO2Si. The van der Waals surface area contributed by atoms with Crippen molar-refractivity contribution < 1.29 is 9.31 Å². The highest BCUT2D eigenvalue weighted by Crippen LogP contribution is 2.41. The molecule has 0 amide bonds. The van der Waals surface area contributed by atoms with Gasteiger partial charge in [-0.15, -0.1) is 6.58 Å². The van der Waals surface area contributed by atoms with Crippen molar-refractivity contribution in [1.82, 2.24) is 0 Å². The normalized spacial score (nSPS) is 17.8. The lowest BCUT2D eigenvalue weighted by Gasteiger charge is -2.34. The quantitative estimate of drug-likeness (QED) is 0.333. The van der Waals surface area contributed by atoms with Crippen LogP contribution in [0.5, 0.6) is 0 Å². The zero-order chi connectivity index (χ0) is 25.1. The van der Waals surface area contributed by atoms with Crippen LogP contribution >= 0.6 is 0 Å². The second-order valence-corrected chi connectivity index (χ2v) is 15.4. The minimum atomic E-state index is -2.06. The van der Waals surface area contributed by atoms with Gasteiger partial charge in [0.1, 0.15) is 8.07 Å². The number of hydrogen-bond acceptors (Lipinski definition) is 2. The standard InChI is InChI=1S/C31H39BO2Si/c1-25(32-33-30(2,3)31(4,5)34-32)27(23-22-26-16-10-7-11-17-26)24-35(6,28-18-12-8-13-19-28)29-20-14-9-15-21-29/h7-21,27H,1,22-24H2,2-6H3/t27-/m1/s1. The highest BCUT2D eigenvalue weighted by molar-refractivity contribution is 7.01. The van der Waals surface area contributed by atoms with Gasteiger partial charge in [-0.05, 0) is 63.5 Å². The van der Waals surface area contributed by atoms with E-state index in [9.17, 15) is 0 Å². The van der Waals surface area contributed by atoms with Crippen LogP contribution in [0.2, 0.25) is 12.6 Å². The summed E-state index contributed by atoms with van der Waals surface area (Å²) in [4.78, 5) is 0. The average molecular weight is 483 g/mol. The Balaban J connectivity index is 1.68. The second kappa shape index (κ2) is 10.3. The van der Waals surface area contributed by atoms with Crippen LogP contribution in [0.4, 0.5) is 0 Å². The van der Waals surface area contributed by atoms with Gasteiger partial charge in [0.2, 0.25) is 0 Å². The number of rotatable bonds is 9. The first-order chi connectivity index (χ1) is 16.6. The molecule has 0 aromatic heterocycles. The van der Waals surface area contributed by atoms with E-state index < -0.39 is 8.07 Å². The zero-order valence-electron chi connectivity index (χ0n) is 22.0. The lowest BCUT2D eigenvalue weighted by Crippen LogP contribution is -2.57. The number of aryl methyl sites for hydroxylation is 1. The Morgan fingerprint density at radius 3 is 1.66 bits per heavy atom. The summed E-state index contributed by atoms with van der Waals surface area (Å²) in [5, 5.41) is 2.91. The molecule has 1 aliphatic heterocycles. The van der Waals surface area contributed by atoms with E-state index in [0.717, 1.165) is 24.4 Å². The molecule has 0 radical (unpaired) electrons. The summed E-state index contributed by atoms with van der Waals surface area (Å²) >= 11 is 0. The van der Waals surface area contributed by atoms with Crippen molar-refractivity contribution in [2.24, 2.45) is 5.92 Å². The largest absolute Gasteiger partial charge is 0.490 e. The van der Waals surface area contributed by atoms with Gasteiger partial charge in [-0.25, -0.2) is 0 Å². The van der Waals surface area contributed by atoms with E-state index in [1.807, 2.05) is 0 Å². The molecule has 0 spiro atoms. The van der Waals surface area contributed by atoms with Gasteiger partial charge in [0.05, 0.1) is 11.2 Å². The lowest BCUT2D eigenvalue weighted by atomic mass is 9.71. The van der Waals surface area contributed by atoms with Crippen molar-refractivity contribution in [1.29, 1.82) is 0 Å². The third-order valence-corrected chi connectivity index (χ3v) is 12.7. The van der Waals surface area contributed by atoms with Crippen molar-refractivity contribution in [2.75, 3.05) is 0 Å². The molecule has 4 rings (SSSR count). The molecule has 1 aliphatic rings. The van der Waals surface area contributed by atoms with Gasteiger partial charge in [0.15, 0.2) is 0 Å². The third-order valence-electron chi connectivity index (χ3n) is 8.18. The fourth-order valence-electron chi connectivity index (χ4n) is 5.10.